The lowest BCUT2D eigenvalue weighted by atomic mass is 9.59. The SMILES string of the molecule is CCC1CC(C)([C@@H](O)/C=C/[C@H]2[C@H](O)CC(=O)[C@@H]2CCCCCCCO)C1. The topological polar surface area (TPSA) is 77.8 Å². The average Bonchev–Trinajstić information content (AvgIpc) is 2.85. The first-order valence-corrected chi connectivity index (χ1v) is 10.6. The molecular formula is C22H38O4. The Morgan fingerprint density at radius 1 is 1.19 bits per heavy atom. The number of Topliss-reactive ketones (excluding diaryl/α,β-unsaturated/α-hetero) is 1. The summed E-state index contributed by atoms with van der Waals surface area (Å²) in [5, 5.41) is 29.7. The highest BCUT2D eigenvalue weighted by atomic mass is 16.3. The highest BCUT2D eigenvalue weighted by Gasteiger charge is 2.44. The Morgan fingerprint density at radius 3 is 2.50 bits per heavy atom. The van der Waals surface area contributed by atoms with Crippen LogP contribution in [0.3, 0.4) is 0 Å². The fourth-order valence-corrected chi connectivity index (χ4v) is 4.85. The highest BCUT2D eigenvalue weighted by Crippen LogP contribution is 2.49. The third-order valence-electron chi connectivity index (χ3n) is 6.72. The molecule has 0 saturated heterocycles. The number of hydrogen-bond acceptors (Lipinski definition) is 4. The van der Waals surface area contributed by atoms with E-state index in [-0.39, 0.29) is 36.1 Å². The van der Waals surface area contributed by atoms with Gasteiger partial charge in [0, 0.05) is 24.9 Å². The second-order valence-electron chi connectivity index (χ2n) is 8.87. The van der Waals surface area contributed by atoms with E-state index in [9.17, 15) is 15.0 Å². The van der Waals surface area contributed by atoms with Crippen molar-refractivity contribution >= 4 is 5.78 Å². The molecule has 4 nitrogen and oxygen atoms in total. The Bertz CT molecular complexity index is 467. The van der Waals surface area contributed by atoms with Gasteiger partial charge in [0.1, 0.15) is 5.78 Å². The van der Waals surface area contributed by atoms with E-state index in [1.807, 2.05) is 12.2 Å². The molecule has 3 N–H and O–H groups in total. The second-order valence-corrected chi connectivity index (χ2v) is 8.87. The molecule has 2 fully saturated rings. The molecule has 0 aromatic carbocycles. The van der Waals surface area contributed by atoms with Crippen LogP contribution in [-0.4, -0.2) is 39.9 Å². The van der Waals surface area contributed by atoms with Crippen molar-refractivity contribution in [2.45, 2.75) is 90.3 Å². The minimum absolute atomic E-state index is 0.0487. The largest absolute Gasteiger partial charge is 0.396 e. The Balaban J connectivity index is 1.83. The maximum Gasteiger partial charge on any atom is 0.139 e. The van der Waals surface area contributed by atoms with Gasteiger partial charge in [0.15, 0.2) is 0 Å². The molecular weight excluding hydrogens is 328 g/mol. The minimum atomic E-state index is -0.608. The predicted molar refractivity (Wildman–Crippen MR) is 104 cm³/mol. The van der Waals surface area contributed by atoms with Crippen molar-refractivity contribution in [2.75, 3.05) is 6.61 Å². The van der Waals surface area contributed by atoms with Gasteiger partial charge in [-0.15, -0.1) is 0 Å². The number of carbonyl (C=O) groups is 1. The maximum atomic E-state index is 12.3. The molecule has 0 amide bonds. The second kappa shape index (κ2) is 10.0. The lowest BCUT2D eigenvalue weighted by Crippen LogP contribution is -2.43. The van der Waals surface area contributed by atoms with Crippen LogP contribution in [-0.2, 0) is 4.79 Å². The molecule has 0 aromatic rings. The monoisotopic (exact) mass is 366 g/mol. The third kappa shape index (κ3) is 5.40. The van der Waals surface area contributed by atoms with E-state index in [4.69, 9.17) is 5.11 Å². The van der Waals surface area contributed by atoms with E-state index >= 15 is 0 Å². The van der Waals surface area contributed by atoms with Crippen molar-refractivity contribution < 1.29 is 20.1 Å². The lowest BCUT2D eigenvalue weighted by Gasteiger charge is -2.47. The van der Waals surface area contributed by atoms with Gasteiger partial charge < -0.3 is 15.3 Å². The molecule has 0 heterocycles. The van der Waals surface area contributed by atoms with E-state index in [2.05, 4.69) is 13.8 Å². The lowest BCUT2D eigenvalue weighted by molar-refractivity contribution is -0.121. The smallest absolute Gasteiger partial charge is 0.139 e. The van der Waals surface area contributed by atoms with Gasteiger partial charge in [-0.2, -0.15) is 0 Å². The van der Waals surface area contributed by atoms with Crippen LogP contribution in [0, 0.1) is 23.2 Å². The van der Waals surface area contributed by atoms with Crippen LogP contribution >= 0.6 is 0 Å². The summed E-state index contributed by atoms with van der Waals surface area (Å²) in [6.45, 7) is 4.58. The van der Waals surface area contributed by atoms with Gasteiger partial charge >= 0.3 is 0 Å². The maximum absolute atomic E-state index is 12.3. The molecule has 0 aromatic heterocycles. The zero-order chi connectivity index (χ0) is 19.2. The zero-order valence-corrected chi connectivity index (χ0v) is 16.6. The van der Waals surface area contributed by atoms with Crippen LogP contribution < -0.4 is 0 Å². The van der Waals surface area contributed by atoms with Crippen LogP contribution in [0.4, 0.5) is 0 Å². The number of unbranched alkanes of at least 4 members (excludes halogenated alkanes) is 4. The van der Waals surface area contributed by atoms with Gasteiger partial charge in [-0.3, -0.25) is 4.79 Å². The molecule has 0 aliphatic heterocycles. The van der Waals surface area contributed by atoms with Crippen LogP contribution in [0.5, 0.6) is 0 Å². The number of hydrogen-bond donors (Lipinski definition) is 3. The standard InChI is InChI=1S/C22H38O4/c1-3-16-14-22(2,15-16)21(26)11-10-18-17(19(24)13-20(18)25)9-7-5-4-6-8-12-23/h10-11,16-18,20-21,23,25-26H,3-9,12-15H2,1-2H3/b11-10+/t16?,17-,18-,20-,21+,22?/m1/s1. The molecule has 0 bridgehead atoms. The summed E-state index contributed by atoms with van der Waals surface area (Å²) in [5.74, 6) is 0.627. The number of carbonyl (C=O) groups excluding carboxylic acids is 1. The van der Waals surface area contributed by atoms with Gasteiger partial charge in [-0.1, -0.05) is 58.1 Å². The molecule has 2 aliphatic rings. The Hall–Kier alpha value is -0.710. The van der Waals surface area contributed by atoms with Crippen molar-refractivity contribution in [1.29, 1.82) is 0 Å². The first kappa shape index (κ1) is 21.6. The van der Waals surface area contributed by atoms with Crippen LogP contribution in [0.25, 0.3) is 0 Å². The molecule has 0 unspecified atom stereocenters. The van der Waals surface area contributed by atoms with Crippen molar-refractivity contribution in [3.8, 4) is 0 Å². The van der Waals surface area contributed by atoms with E-state index < -0.39 is 12.2 Å². The van der Waals surface area contributed by atoms with Crippen molar-refractivity contribution in [3.63, 3.8) is 0 Å². The van der Waals surface area contributed by atoms with E-state index in [0.717, 1.165) is 57.3 Å². The summed E-state index contributed by atoms with van der Waals surface area (Å²) in [5.41, 5.74) is -0.0487. The summed E-state index contributed by atoms with van der Waals surface area (Å²) in [6, 6.07) is 0. The normalized spacial score (nSPS) is 35.8. The molecule has 26 heavy (non-hydrogen) atoms. The van der Waals surface area contributed by atoms with Crippen molar-refractivity contribution in [1.82, 2.24) is 0 Å². The van der Waals surface area contributed by atoms with Crippen molar-refractivity contribution in [2.24, 2.45) is 23.2 Å². The highest BCUT2D eigenvalue weighted by molar-refractivity contribution is 5.84. The van der Waals surface area contributed by atoms with E-state index in [1.165, 1.54) is 6.42 Å². The molecule has 0 spiro atoms. The molecule has 4 heteroatoms. The molecule has 2 rings (SSSR count). The number of aliphatic hydroxyl groups is 3. The van der Waals surface area contributed by atoms with Crippen LogP contribution in [0.15, 0.2) is 12.2 Å². The Morgan fingerprint density at radius 2 is 1.85 bits per heavy atom. The Labute approximate surface area is 158 Å². The van der Waals surface area contributed by atoms with Crippen LogP contribution in [0.2, 0.25) is 0 Å². The summed E-state index contributed by atoms with van der Waals surface area (Å²) in [4.78, 5) is 12.3. The minimum Gasteiger partial charge on any atom is -0.396 e. The quantitative estimate of drug-likeness (QED) is 0.385. The summed E-state index contributed by atoms with van der Waals surface area (Å²) < 4.78 is 0. The summed E-state index contributed by atoms with van der Waals surface area (Å²) in [6.07, 6.45) is 12.0. The molecule has 4 atom stereocenters. The fraction of sp³-hybridized carbons (Fsp3) is 0.864. The average molecular weight is 367 g/mol. The first-order chi connectivity index (χ1) is 12.4. The van der Waals surface area contributed by atoms with Gasteiger partial charge in [0.25, 0.3) is 0 Å². The Kier molecular flexibility index (Phi) is 8.31. The third-order valence-corrected chi connectivity index (χ3v) is 6.72. The van der Waals surface area contributed by atoms with Gasteiger partial charge in [-0.25, -0.2) is 0 Å². The zero-order valence-electron chi connectivity index (χ0n) is 16.6. The summed E-state index contributed by atoms with van der Waals surface area (Å²) >= 11 is 0. The molecule has 150 valence electrons. The number of rotatable bonds is 11. The summed E-state index contributed by atoms with van der Waals surface area (Å²) in [7, 11) is 0. The number of ketones is 1. The van der Waals surface area contributed by atoms with E-state index in [1.54, 1.807) is 0 Å². The predicted octanol–water partition coefficient (Wildman–Crippen LogP) is 3.63. The van der Waals surface area contributed by atoms with Crippen molar-refractivity contribution in [3.05, 3.63) is 12.2 Å². The van der Waals surface area contributed by atoms with E-state index in [0.29, 0.717) is 0 Å². The van der Waals surface area contributed by atoms with Crippen LogP contribution in [0.1, 0.15) is 78.1 Å². The first-order valence-electron chi connectivity index (χ1n) is 10.6. The van der Waals surface area contributed by atoms with Gasteiger partial charge in [0.2, 0.25) is 0 Å². The van der Waals surface area contributed by atoms with Gasteiger partial charge in [0.05, 0.1) is 12.2 Å². The molecule has 2 aliphatic carbocycles. The molecule has 0 radical (unpaired) electrons. The molecule has 2 saturated carbocycles. The van der Waals surface area contributed by atoms with Gasteiger partial charge in [-0.05, 0) is 37.0 Å². The fourth-order valence-electron chi connectivity index (χ4n) is 4.85. The number of aliphatic hydroxyl groups excluding tert-OH is 3.